The minimum Gasteiger partial charge on any atom is -0.305 e. The highest BCUT2D eigenvalue weighted by Crippen LogP contribution is 2.26. The first-order chi connectivity index (χ1) is 14.1. The van der Waals surface area contributed by atoms with E-state index in [0.717, 1.165) is 22.1 Å². The fraction of sp³-hybridized carbons (Fsp3) is 0.200. The molecule has 0 fully saturated rings. The minimum atomic E-state index is -4.01. The van der Waals surface area contributed by atoms with Crippen molar-refractivity contribution in [2.45, 2.75) is 24.7 Å². The lowest BCUT2D eigenvalue weighted by atomic mass is 10.1. The van der Waals surface area contributed by atoms with E-state index >= 15 is 0 Å². The lowest BCUT2D eigenvalue weighted by Gasteiger charge is -2.20. The van der Waals surface area contributed by atoms with Gasteiger partial charge in [-0.05, 0) is 48.4 Å². The standard InChI is InChI=1S/C20H20ClFN4O3S/c1-12(2)18-11-19(25-24-18)23-20(27)16-10-15(8-9-17(16)21)30(28,29)26(3)14-6-4-13(22)5-7-14/h4-12H,1-3H3,(H2,23,24,25,27). The smallest absolute Gasteiger partial charge is 0.264 e. The minimum absolute atomic E-state index is 0.0145. The molecule has 10 heteroatoms. The van der Waals surface area contributed by atoms with Crippen molar-refractivity contribution in [3.63, 3.8) is 0 Å². The van der Waals surface area contributed by atoms with Crippen molar-refractivity contribution >= 4 is 39.0 Å². The Bertz CT molecular complexity index is 1180. The average Bonchev–Trinajstić information content (AvgIpc) is 3.17. The van der Waals surface area contributed by atoms with Gasteiger partial charge >= 0.3 is 0 Å². The third-order valence-corrected chi connectivity index (χ3v) is 6.60. The molecule has 0 bridgehead atoms. The number of rotatable bonds is 6. The van der Waals surface area contributed by atoms with Crippen LogP contribution in [0.5, 0.6) is 0 Å². The van der Waals surface area contributed by atoms with Gasteiger partial charge in [0.05, 0.1) is 21.2 Å². The Morgan fingerprint density at radius 1 is 1.17 bits per heavy atom. The summed E-state index contributed by atoms with van der Waals surface area (Å²) in [7, 11) is -2.67. The van der Waals surface area contributed by atoms with Crippen molar-refractivity contribution in [1.82, 2.24) is 10.2 Å². The Hall–Kier alpha value is -2.91. The van der Waals surface area contributed by atoms with Crippen LogP contribution < -0.4 is 9.62 Å². The second-order valence-corrected chi connectivity index (χ2v) is 9.28. The number of H-pyrrole nitrogens is 1. The van der Waals surface area contributed by atoms with Crippen LogP contribution in [0.3, 0.4) is 0 Å². The third kappa shape index (κ3) is 4.47. The Balaban J connectivity index is 1.89. The molecule has 1 amide bonds. The zero-order valence-corrected chi connectivity index (χ0v) is 18.1. The van der Waals surface area contributed by atoms with Gasteiger partial charge in [-0.15, -0.1) is 0 Å². The van der Waals surface area contributed by atoms with Crippen molar-refractivity contribution in [1.29, 1.82) is 0 Å². The lowest BCUT2D eigenvalue weighted by molar-refractivity contribution is 0.102. The number of aromatic amines is 1. The van der Waals surface area contributed by atoms with Crippen molar-refractivity contribution in [3.8, 4) is 0 Å². The maximum absolute atomic E-state index is 13.1. The molecule has 0 aliphatic heterocycles. The highest BCUT2D eigenvalue weighted by Gasteiger charge is 2.24. The van der Waals surface area contributed by atoms with Crippen molar-refractivity contribution in [2.75, 3.05) is 16.7 Å². The fourth-order valence-electron chi connectivity index (χ4n) is 2.67. The summed E-state index contributed by atoms with van der Waals surface area (Å²) in [6, 6.07) is 10.6. The zero-order chi connectivity index (χ0) is 22.1. The normalized spacial score (nSPS) is 11.5. The predicted molar refractivity (Wildman–Crippen MR) is 114 cm³/mol. The Kier molecular flexibility index (Phi) is 6.14. The van der Waals surface area contributed by atoms with Crippen LogP contribution in [0.25, 0.3) is 0 Å². The first-order valence-electron chi connectivity index (χ1n) is 9.00. The van der Waals surface area contributed by atoms with Crippen LogP contribution >= 0.6 is 11.6 Å². The number of carbonyl (C=O) groups excluding carboxylic acids is 1. The molecule has 0 unspecified atom stereocenters. The first-order valence-corrected chi connectivity index (χ1v) is 10.8. The van der Waals surface area contributed by atoms with E-state index in [1.807, 2.05) is 13.8 Å². The second kappa shape index (κ2) is 8.45. The van der Waals surface area contributed by atoms with Crippen LogP contribution in [-0.4, -0.2) is 31.6 Å². The molecule has 2 aromatic carbocycles. The van der Waals surface area contributed by atoms with Gasteiger partial charge in [0, 0.05) is 18.8 Å². The molecule has 0 aliphatic rings. The second-order valence-electron chi connectivity index (χ2n) is 6.91. The molecule has 3 aromatic rings. The quantitative estimate of drug-likeness (QED) is 0.581. The maximum atomic E-state index is 13.1. The fourth-order valence-corrected chi connectivity index (χ4v) is 4.09. The first kappa shape index (κ1) is 21.8. The van der Waals surface area contributed by atoms with Gasteiger partial charge in [-0.2, -0.15) is 5.10 Å². The van der Waals surface area contributed by atoms with E-state index in [0.29, 0.717) is 5.82 Å². The number of nitrogens with zero attached hydrogens (tertiary/aromatic N) is 2. The number of hydrogen-bond donors (Lipinski definition) is 2. The summed E-state index contributed by atoms with van der Waals surface area (Å²) in [5.41, 5.74) is 1.10. The molecule has 0 aliphatic carbocycles. The Morgan fingerprint density at radius 2 is 1.83 bits per heavy atom. The number of amides is 1. The van der Waals surface area contributed by atoms with Crippen LogP contribution in [0.15, 0.2) is 53.4 Å². The summed E-state index contributed by atoms with van der Waals surface area (Å²) in [6.07, 6.45) is 0. The van der Waals surface area contributed by atoms with E-state index in [2.05, 4.69) is 15.5 Å². The van der Waals surface area contributed by atoms with Gasteiger partial charge in [0.15, 0.2) is 5.82 Å². The van der Waals surface area contributed by atoms with Crippen LogP contribution in [0.2, 0.25) is 5.02 Å². The number of halogens is 2. The molecule has 1 aromatic heterocycles. The number of benzene rings is 2. The summed E-state index contributed by atoms with van der Waals surface area (Å²) in [4.78, 5) is 12.5. The number of nitrogens with one attached hydrogen (secondary N) is 2. The molecule has 7 nitrogen and oxygen atoms in total. The molecular formula is C20H20ClFN4O3S. The maximum Gasteiger partial charge on any atom is 0.264 e. The summed E-state index contributed by atoms with van der Waals surface area (Å²) < 4.78 is 40.1. The molecule has 0 radical (unpaired) electrons. The number of sulfonamides is 1. The van der Waals surface area contributed by atoms with Gasteiger partial charge in [-0.1, -0.05) is 25.4 Å². The Labute approximate surface area is 178 Å². The summed E-state index contributed by atoms with van der Waals surface area (Å²) in [6.45, 7) is 3.95. The molecule has 1 heterocycles. The molecule has 30 heavy (non-hydrogen) atoms. The number of aromatic nitrogens is 2. The topological polar surface area (TPSA) is 95.2 Å². The van der Waals surface area contributed by atoms with E-state index in [4.69, 9.17) is 11.6 Å². The third-order valence-electron chi connectivity index (χ3n) is 4.49. The predicted octanol–water partition coefficient (Wildman–Crippen LogP) is 4.40. The van der Waals surface area contributed by atoms with E-state index in [1.165, 1.54) is 37.4 Å². The van der Waals surface area contributed by atoms with Crippen LogP contribution in [-0.2, 0) is 10.0 Å². The van der Waals surface area contributed by atoms with Crippen molar-refractivity contribution in [2.24, 2.45) is 0 Å². The van der Waals surface area contributed by atoms with Gasteiger partial charge < -0.3 is 5.32 Å². The van der Waals surface area contributed by atoms with Gasteiger partial charge in [0.1, 0.15) is 5.82 Å². The van der Waals surface area contributed by atoms with E-state index in [9.17, 15) is 17.6 Å². The van der Waals surface area contributed by atoms with Crippen molar-refractivity contribution in [3.05, 3.63) is 70.6 Å². The molecule has 0 atom stereocenters. The highest BCUT2D eigenvalue weighted by atomic mass is 35.5. The molecule has 2 N–H and O–H groups in total. The lowest BCUT2D eigenvalue weighted by Crippen LogP contribution is -2.27. The molecule has 0 spiro atoms. The molecule has 0 saturated heterocycles. The van der Waals surface area contributed by atoms with Gasteiger partial charge in [0.2, 0.25) is 0 Å². The van der Waals surface area contributed by atoms with Crippen LogP contribution in [0.4, 0.5) is 15.9 Å². The van der Waals surface area contributed by atoms with Gasteiger partial charge in [-0.25, -0.2) is 12.8 Å². The zero-order valence-electron chi connectivity index (χ0n) is 16.5. The molecule has 0 saturated carbocycles. The van der Waals surface area contributed by atoms with Crippen molar-refractivity contribution < 1.29 is 17.6 Å². The summed E-state index contributed by atoms with van der Waals surface area (Å²) in [5.74, 6) is -0.573. The average molecular weight is 451 g/mol. The monoisotopic (exact) mass is 450 g/mol. The number of carbonyl (C=O) groups is 1. The SMILES string of the molecule is CC(C)c1cc(NC(=O)c2cc(S(=O)(=O)N(C)c3ccc(F)cc3)ccc2Cl)n[nH]1. The Morgan fingerprint density at radius 3 is 2.43 bits per heavy atom. The van der Waals surface area contributed by atoms with Crippen LogP contribution in [0.1, 0.15) is 35.8 Å². The van der Waals surface area contributed by atoms with E-state index in [1.54, 1.807) is 6.07 Å². The number of anilines is 2. The highest BCUT2D eigenvalue weighted by molar-refractivity contribution is 7.92. The molecular weight excluding hydrogens is 431 g/mol. The molecule has 3 rings (SSSR count). The van der Waals surface area contributed by atoms with Gasteiger partial charge in [0.25, 0.3) is 15.9 Å². The number of hydrogen-bond acceptors (Lipinski definition) is 4. The molecule has 158 valence electrons. The summed E-state index contributed by atoms with van der Waals surface area (Å²) in [5, 5.41) is 9.54. The van der Waals surface area contributed by atoms with Gasteiger partial charge in [-0.3, -0.25) is 14.2 Å². The van der Waals surface area contributed by atoms with E-state index in [-0.39, 0.29) is 27.1 Å². The largest absolute Gasteiger partial charge is 0.305 e. The van der Waals surface area contributed by atoms with Crippen LogP contribution in [0, 0.1) is 5.82 Å². The summed E-state index contributed by atoms with van der Waals surface area (Å²) >= 11 is 6.14. The van der Waals surface area contributed by atoms with E-state index < -0.39 is 21.7 Å².